The molecular weight excluding hydrogens is 382 g/mol. The fourth-order valence-electron chi connectivity index (χ4n) is 3.02. The largest absolute Gasteiger partial charge is 0.459 e. The summed E-state index contributed by atoms with van der Waals surface area (Å²) in [6.07, 6.45) is 5.31. The second-order valence-electron chi connectivity index (χ2n) is 8.06. The molecular formula is C23H27N3O4. The molecule has 0 fully saturated rings. The fraction of sp³-hybridized carbons (Fsp3) is 0.348. The van der Waals surface area contributed by atoms with Crippen molar-refractivity contribution in [2.75, 3.05) is 11.9 Å². The standard InChI is InChI=1S/C23H27N3O4/c1-23(2,3)30-21(27)20-12-17(9-10-25-20)18-11-19(14-24-13-18)26-22(28)29-15-16-7-5-4-6-8-16/h4-8,11-14,20,25H,9-10,15H2,1-3H3,(H,26,28). The molecule has 1 aromatic heterocycles. The van der Waals surface area contributed by atoms with E-state index in [1.54, 1.807) is 12.4 Å². The SMILES string of the molecule is CC(C)(C)OC(=O)C1C=C(c2cncc(NC(=O)OCc3ccccc3)c2)CCN1. The molecule has 1 amide bonds. The maximum absolute atomic E-state index is 12.4. The Balaban J connectivity index is 1.64. The highest BCUT2D eigenvalue weighted by atomic mass is 16.6. The van der Waals surface area contributed by atoms with Crippen molar-refractivity contribution in [3.05, 3.63) is 66.0 Å². The minimum absolute atomic E-state index is 0.189. The first-order chi connectivity index (χ1) is 14.3. The number of hydrogen-bond donors (Lipinski definition) is 2. The zero-order valence-corrected chi connectivity index (χ0v) is 17.5. The first-order valence-electron chi connectivity index (χ1n) is 9.90. The van der Waals surface area contributed by atoms with E-state index in [1.807, 2.05) is 63.2 Å². The van der Waals surface area contributed by atoms with Crippen LogP contribution in [0.25, 0.3) is 5.57 Å². The Kier molecular flexibility index (Phi) is 6.84. The van der Waals surface area contributed by atoms with Crippen LogP contribution in [0.3, 0.4) is 0 Å². The highest BCUT2D eigenvalue weighted by molar-refractivity contribution is 5.86. The van der Waals surface area contributed by atoms with Crippen LogP contribution in [-0.2, 0) is 20.9 Å². The van der Waals surface area contributed by atoms with Crippen molar-refractivity contribution in [1.29, 1.82) is 0 Å². The molecule has 1 atom stereocenters. The average Bonchev–Trinajstić information content (AvgIpc) is 2.72. The Bertz CT molecular complexity index is 920. The summed E-state index contributed by atoms with van der Waals surface area (Å²) in [6.45, 7) is 6.36. The number of aromatic nitrogens is 1. The number of hydrogen-bond acceptors (Lipinski definition) is 6. The fourth-order valence-corrected chi connectivity index (χ4v) is 3.02. The lowest BCUT2D eigenvalue weighted by Gasteiger charge is -2.26. The summed E-state index contributed by atoms with van der Waals surface area (Å²) in [5.74, 6) is -0.313. The topological polar surface area (TPSA) is 89.5 Å². The molecule has 1 unspecified atom stereocenters. The molecule has 1 aliphatic rings. The quantitative estimate of drug-likeness (QED) is 0.728. The Labute approximate surface area is 176 Å². The van der Waals surface area contributed by atoms with Crippen molar-refractivity contribution in [3.63, 3.8) is 0 Å². The molecule has 0 saturated heterocycles. The minimum atomic E-state index is -0.552. The van der Waals surface area contributed by atoms with E-state index in [4.69, 9.17) is 9.47 Å². The number of carbonyl (C=O) groups is 2. The predicted octanol–water partition coefficient (Wildman–Crippen LogP) is 3.92. The van der Waals surface area contributed by atoms with Crippen LogP contribution in [0.4, 0.5) is 10.5 Å². The zero-order valence-electron chi connectivity index (χ0n) is 17.5. The lowest BCUT2D eigenvalue weighted by Crippen LogP contribution is -2.42. The van der Waals surface area contributed by atoms with Crippen LogP contribution in [0.1, 0.15) is 38.3 Å². The Morgan fingerprint density at radius 3 is 2.70 bits per heavy atom. The summed E-state index contributed by atoms with van der Waals surface area (Å²) in [4.78, 5) is 28.7. The van der Waals surface area contributed by atoms with E-state index >= 15 is 0 Å². The summed E-state index contributed by atoms with van der Waals surface area (Å²) < 4.78 is 10.7. The van der Waals surface area contributed by atoms with Crippen LogP contribution in [-0.4, -0.2) is 35.2 Å². The van der Waals surface area contributed by atoms with E-state index in [2.05, 4.69) is 15.6 Å². The highest BCUT2D eigenvalue weighted by Gasteiger charge is 2.26. The van der Waals surface area contributed by atoms with Gasteiger partial charge in [-0.2, -0.15) is 0 Å². The number of pyridine rings is 1. The van der Waals surface area contributed by atoms with E-state index in [9.17, 15) is 9.59 Å². The van der Waals surface area contributed by atoms with Crippen molar-refractivity contribution >= 4 is 23.3 Å². The number of carbonyl (C=O) groups excluding carboxylic acids is 2. The molecule has 158 valence electrons. The molecule has 1 aromatic carbocycles. The molecule has 7 nitrogen and oxygen atoms in total. The van der Waals surface area contributed by atoms with Gasteiger partial charge in [-0.25, -0.2) is 9.59 Å². The van der Waals surface area contributed by atoms with Gasteiger partial charge in [0.15, 0.2) is 0 Å². The third kappa shape index (κ3) is 6.42. The van der Waals surface area contributed by atoms with Gasteiger partial charge < -0.3 is 14.8 Å². The summed E-state index contributed by atoms with van der Waals surface area (Å²) in [5, 5.41) is 5.86. The van der Waals surface area contributed by atoms with Gasteiger partial charge in [0.2, 0.25) is 0 Å². The van der Waals surface area contributed by atoms with Crippen molar-refractivity contribution < 1.29 is 19.1 Å². The lowest BCUT2D eigenvalue weighted by molar-refractivity contribution is -0.156. The minimum Gasteiger partial charge on any atom is -0.459 e. The summed E-state index contributed by atoms with van der Waals surface area (Å²) in [6, 6.07) is 10.8. The highest BCUT2D eigenvalue weighted by Crippen LogP contribution is 2.24. The molecule has 2 heterocycles. The number of rotatable bonds is 5. The molecule has 0 radical (unpaired) electrons. The van der Waals surface area contributed by atoms with E-state index in [0.29, 0.717) is 12.2 Å². The summed E-state index contributed by atoms with van der Waals surface area (Å²) >= 11 is 0. The number of ether oxygens (including phenoxy) is 2. The second-order valence-corrected chi connectivity index (χ2v) is 8.06. The molecule has 0 saturated carbocycles. The van der Waals surface area contributed by atoms with Gasteiger partial charge in [-0.05, 0) is 50.0 Å². The molecule has 1 aliphatic heterocycles. The van der Waals surface area contributed by atoms with Crippen molar-refractivity contribution in [2.45, 2.75) is 45.4 Å². The number of nitrogens with one attached hydrogen (secondary N) is 2. The van der Waals surface area contributed by atoms with Gasteiger partial charge in [-0.15, -0.1) is 0 Å². The van der Waals surface area contributed by atoms with Crippen LogP contribution < -0.4 is 10.6 Å². The van der Waals surface area contributed by atoms with E-state index in [0.717, 1.165) is 23.1 Å². The van der Waals surface area contributed by atoms with Crippen LogP contribution >= 0.6 is 0 Å². The van der Waals surface area contributed by atoms with Crippen LogP contribution in [0.5, 0.6) is 0 Å². The second kappa shape index (κ2) is 9.54. The van der Waals surface area contributed by atoms with E-state index < -0.39 is 17.7 Å². The molecule has 0 aliphatic carbocycles. The van der Waals surface area contributed by atoms with Crippen LogP contribution in [0, 0.1) is 0 Å². The number of benzene rings is 1. The maximum Gasteiger partial charge on any atom is 0.412 e. The maximum atomic E-state index is 12.4. The van der Waals surface area contributed by atoms with Crippen molar-refractivity contribution in [2.24, 2.45) is 0 Å². The van der Waals surface area contributed by atoms with Gasteiger partial charge in [0, 0.05) is 12.7 Å². The van der Waals surface area contributed by atoms with Crippen LogP contribution in [0.2, 0.25) is 0 Å². The predicted molar refractivity (Wildman–Crippen MR) is 115 cm³/mol. The molecule has 0 bridgehead atoms. The van der Waals surface area contributed by atoms with Gasteiger partial charge in [0.25, 0.3) is 0 Å². The molecule has 2 N–H and O–H groups in total. The average molecular weight is 409 g/mol. The first kappa shape index (κ1) is 21.5. The van der Waals surface area contributed by atoms with Gasteiger partial charge in [-0.3, -0.25) is 10.3 Å². The molecule has 30 heavy (non-hydrogen) atoms. The lowest BCUT2D eigenvalue weighted by atomic mass is 9.98. The van der Waals surface area contributed by atoms with Crippen molar-refractivity contribution in [3.8, 4) is 0 Å². The molecule has 2 aromatic rings. The molecule has 7 heteroatoms. The van der Waals surface area contributed by atoms with Gasteiger partial charge in [0.05, 0.1) is 11.9 Å². The number of esters is 1. The Hall–Kier alpha value is -3.19. The number of anilines is 1. The molecule has 3 rings (SSSR count). The third-order valence-electron chi connectivity index (χ3n) is 4.36. The molecule has 0 spiro atoms. The van der Waals surface area contributed by atoms with Crippen molar-refractivity contribution in [1.82, 2.24) is 10.3 Å². The van der Waals surface area contributed by atoms with Crippen LogP contribution in [0.15, 0.2) is 54.9 Å². The third-order valence-corrected chi connectivity index (χ3v) is 4.36. The Morgan fingerprint density at radius 1 is 1.20 bits per heavy atom. The number of amides is 1. The smallest absolute Gasteiger partial charge is 0.412 e. The van der Waals surface area contributed by atoms with Gasteiger partial charge in [0.1, 0.15) is 18.2 Å². The Morgan fingerprint density at radius 2 is 1.97 bits per heavy atom. The summed E-state index contributed by atoms with van der Waals surface area (Å²) in [7, 11) is 0. The first-order valence-corrected chi connectivity index (χ1v) is 9.90. The monoisotopic (exact) mass is 409 g/mol. The van der Waals surface area contributed by atoms with Gasteiger partial charge >= 0.3 is 12.1 Å². The van der Waals surface area contributed by atoms with Gasteiger partial charge in [-0.1, -0.05) is 36.4 Å². The van der Waals surface area contributed by atoms with E-state index in [-0.39, 0.29) is 12.6 Å². The number of nitrogens with zero attached hydrogens (tertiary/aromatic N) is 1. The zero-order chi connectivity index (χ0) is 21.6. The van der Waals surface area contributed by atoms with E-state index in [1.165, 1.54) is 0 Å². The summed E-state index contributed by atoms with van der Waals surface area (Å²) in [5.41, 5.74) is 2.70. The normalized spacial score (nSPS) is 16.4.